The summed E-state index contributed by atoms with van der Waals surface area (Å²) in [6, 6.07) is 13.1. The molecule has 6 nitrogen and oxygen atoms in total. The summed E-state index contributed by atoms with van der Waals surface area (Å²) in [5.41, 5.74) is 2.41. The van der Waals surface area contributed by atoms with Gasteiger partial charge in [0, 0.05) is 43.3 Å². The largest absolute Gasteiger partial charge is 0.464 e. The number of fused-ring (bicyclic) bond motifs is 1. The third-order valence-electron chi connectivity index (χ3n) is 5.75. The quantitative estimate of drug-likeness (QED) is 0.754. The summed E-state index contributed by atoms with van der Waals surface area (Å²) >= 11 is 0. The van der Waals surface area contributed by atoms with E-state index in [1.165, 1.54) is 12.1 Å². The fourth-order valence-corrected chi connectivity index (χ4v) is 4.22. The van der Waals surface area contributed by atoms with E-state index in [0.717, 1.165) is 68.4 Å². The summed E-state index contributed by atoms with van der Waals surface area (Å²) in [6.07, 6.45) is 6.29. The van der Waals surface area contributed by atoms with Gasteiger partial charge >= 0.3 is 0 Å². The van der Waals surface area contributed by atoms with Crippen LogP contribution in [0.1, 0.15) is 30.9 Å². The van der Waals surface area contributed by atoms with Crippen LogP contribution in [0, 0.1) is 0 Å². The van der Waals surface area contributed by atoms with Crippen LogP contribution in [-0.2, 0) is 19.5 Å². The fourth-order valence-electron chi connectivity index (χ4n) is 4.22. The first kappa shape index (κ1) is 16.6. The second-order valence-electron chi connectivity index (χ2n) is 7.46. The molecular weight excluding hydrogens is 338 g/mol. The zero-order valence-electron chi connectivity index (χ0n) is 15.5. The second kappa shape index (κ2) is 7.19. The highest BCUT2D eigenvalue weighted by molar-refractivity contribution is 5.64. The molecule has 5 rings (SSSR count). The molecule has 0 unspecified atom stereocenters. The number of benzene rings is 1. The highest BCUT2D eigenvalue weighted by Crippen LogP contribution is 2.27. The van der Waals surface area contributed by atoms with Gasteiger partial charge in [-0.25, -0.2) is 0 Å². The topological polar surface area (TPSA) is 59.1 Å². The Morgan fingerprint density at radius 1 is 1.07 bits per heavy atom. The van der Waals surface area contributed by atoms with E-state index in [1.54, 1.807) is 6.26 Å². The Balaban J connectivity index is 1.17. The number of hydrogen-bond donors (Lipinski definition) is 1. The van der Waals surface area contributed by atoms with E-state index in [4.69, 9.17) is 4.42 Å². The summed E-state index contributed by atoms with van der Waals surface area (Å²) in [5, 5.41) is 12.3. The lowest BCUT2D eigenvalue weighted by Gasteiger charge is -2.34. The Morgan fingerprint density at radius 3 is 2.85 bits per heavy atom. The third-order valence-corrected chi connectivity index (χ3v) is 5.75. The molecule has 1 N–H and O–H groups in total. The smallest absolute Gasteiger partial charge is 0.147 e. The summed E-state index contributed by atoms with van der Waals surface area (Å²) in [5.74, 6) is 3.17. The van der Waals surface area contributed by atoms with Crippen LogP contribution in [0.25, 0.3) is 11.3 Å². The molecule has 4 heterocycles. The van der Waals surface area contributed by atoms with Crippen LogP contribution in [0.2, 0.25) is 0 Å². The van der Waals surface area contributed by atoms with Crippen LogP contribution in [0.4, 0.5) is 5.69 Å². The first-order chi connectivity index (χ1) is 13.4. The van der Waals surface area contributed by atoms with Crippen LogP contribution in [0.15, 0.2) is 47.1 Å². The minimum absolute atomic E-state index is 0.545. The molecule has 2 aliphatic heterocycles. The van der Waals surface area contributed by atoms with Gasteiger partial charge < -0.3 is 19.2 Å². The fraction of sp³-hybridized carbons (Fsp3) is 0.429. The number of hydrogen-bond acceptors (Lipinski definition) is 5. The first-order valence-corrected chi connectivity index (χ1v) is 9.90. The standard InChI is InChI=1S/C21H25N5O/c1-4-16(19-6-3-13-27-19)14-18(5-1)25-11-8-17(9-12-25)22-15-21-24-23-20-7-2-10-26(20)21/h1,3-6,13-14,17,22H,2,7-12,15H2. The number of furan rings is 1. The van der Waals surface area contributed by atoms with Gasteiger partial charge in [0.1, 0.15) is 17.4 Å². The van der Waals surface area contributed by atoms with E-state index in [2.05, 4.69) is 49.2 Å². The average Bonchev–Trinajstić information content (AvgIpc) is 3.46. The number of nitrogens with zero attached hydrogens (tertiary/aromatic N) is 4. The van der Waals surface area contributed by atoms with E-state index >= 15 is 0 Å². The lowest BCUT2D eigenvalue weighted by Crippen LogP contribution is -2.42. The molecule has 0 radical (unpaired) electrons. The van der Waals surface area contributed by atoms with Crippen molar-refractivity contribution in [2.75, 3.05) is 18.0 Å². The molecule has 1 fully saturated rings. The van der Waals surface area contributed by atoms with Crippen LogP contribution in [0.5, 0.6) is 0 Å². The van der Waals surface area contributed by atoms with E-state index < -0.39 is 0 Å². The zero-order valence-corrected chi connectivity index (χ0v) is 15.5. The number of nitrogens with one attached hydrogen (secondary N) is 1. The molecular formula is C21H25N5O. The SMILES string of the molecule is c1cc(-c2ccco2)cc(N2CCC(NCc3nnc4n3CCC4)CC2)c1. The van der Waals surface area contributed by atoms with Crippen molar-refractivity contribution in [2.24, 2.45) is 0 Å². The lowest BCUT2D eigenvalue weighted by atomic mass is 10.0. The van der Waals surface area contributed by atoms with E-state index in [-0.39, 0.29) is 0 Å². The molecule has 140 valence electrons. The van der Waals surface area contributed by atoms with Crippen molar-refractivity contribution in [1.29, 1.82) is 0 Å². The van der Waals surface area contributed by atoms with Crippen LogP contribution in [0.3, 0.4) is 0 Å². The van der Waals surface area contributed by atoms with Gasteiger partial charge in [-0.2, -0.15) is 0 Å². The molecule has 0 saturated carbocycles. The van der Waals surface area contributed by atoms with Gasteiger partial charge in [0.2, 0.25) is 0 Å². The third kappa shape index (κ3) is 3.37. The van der Waals surface area contributed by atoms with Gasteiger partial charge in [-0.1, -0.05) is 12.1 Å². The molecule has 6 heteroatoms. The molecule has 27 heavy (non-hydrogen) atoms. The van der Waals surface area contributed by atoms with E-state index in [0.29, 0.717) is 6.04 Å². The maximum Gasteiger partial charge on any atom is 0.147 e. The van der Waals surface area contributed by atoms with Crippen molar-refractivity contribution in [2.45, 2.75) is 44.8 Å². The minimum atomic E-state index is 0.545. The summed E-state index contributed by atoms with van der Waals surface area (Å²) in [6.45, 7) is 4.03. The maximum atomic E-state index is 5.54. The number of aryl methyl sites for hydroxylation is 1. The van der Waals surface area contributed by atoms with Crippen LogP contribution in [-0.4, -0.2) is 33.9 Å². The molecule has 0 bridgehead atoms. The Bertz CT molecular complexity index is 893. The van der Waals surface area contributed by atoms with Crippen LogP contribution < -0.4 is 10.2 Å². The van der Waals surface area contributed by atoms with Gasteiger partial charge in [-0.3, -0.25) is 0 Å². The molecule has 0 atom stereocenters. The van der Waals surface area contributed by atoms with Gasteiger partial charge in [0.25, 0.3) is 0 Å². The number of aromatic nitrogens is 3. The molecule has 0 spiro atoms. The molecule has 0 amide bonds. The first-order valence-electron chi connectivity index (χ1n) is 9.90. The highest BCUT2D eigenvalue weighted by Gasteiger charge is 2.22. The predicted octanol–water partition coefficient (Wildman–Crippen LogP) is 3.24. The normalized spacial score (nSPS) is 17.4. The summed E-state index contributed by atoms with van der Waals surface area (Å²) < 4.78 is 7.82. The second-order valence-corrected chi connectivity index (χ2v) is 7.46. The summed E-state index contributed by atoms with van der Waals surface area (Å²) in [7, 11) is 0. The zero-order chi connectivity index (χ0) is 18.1. The van der Waals surface area contributed by atoms with E-state index in [1.807, 2.05) is 12.1 Å². The Morgan fingerprint density at radius 2 is 2.00 bits per heavy atom. The minimum Gasteiger partial charge on any atom is -0.464 e. The highest BCUT2D eigenvalue weighted by atomic mass is 16.3. The van der Waals surface area contributed by atoms with Crippen molar-refractivity contribution >= 4 is 5.69 Å². The Kier molecular flexibility index (Phi) is 4.41. The lowest BCUT2D eigenvalue weighted by molar-refractivity contribution is 0.406. The molecule has 3 aromatic rings. The van der Waals surface area contributed by atoms with Crippen molar-refractivity contribution in [3.63, 3.8) is 0 Å². The molecule has 2 aromatic heterocycles. The van der Waals surface area contributed by atoms with Crippen LogP contribution >= 0.6 is 0 Å². The number of rotatable bonds is 5. The van der Waals surface area contributed by atoms with Crippen molar-refractivity contribution in [3.05, 3.63) is 54.3 Å². The van der Waals surface area contributed by atoms with Crippen molar-refractivity contribution in [1.82, 2.24) is 20.1 Å². The number of anilines is 1. The Labute approximate surface area is 159 Å². The van der Waals surface area contributed by atoms with Gasteiger partial charge in [-0.15, -0.1) is 10.2 Å². The Hall–Kier alpha value is -2.60. The molecule has 1 saturated heterocycles. The van der Waals surface area contributed by atoms with Gasteiger partial charge in [0.15, 0.2) is 0 Å². The van der Waals surface area contributed by atoms with E-state index in [9.17, 15) is 0 Å². The molecule has 2 aliphatic rings. The van der Waals surface area contributed by atoms with Gasteiger partial charge in [-0.05, 0) is 43.5 Å². The molecule has 1 aromatic carbocycles. The number of piperidine rings is 1. The van der Waals surface area contributed by atoms with Gasteiger partial charge in [0.05, 0.1) is 12.8 Å². The van der Waals surface area contributed by atoms with Crippen molar-refractivity contribution < 1.29 is 4.42 Å². The van der Waals surface area contributed by atoms with Crippen molar-refractivity contribution in [3.8, 4) is 11.3 Å². The predicted molar refractivity (Wildman–Crippen MR) is 105 cm³/mol. The molecule has 0 aliphatic carbocycles. The maximum absolute atomic E-state index is 5.54. The average molecular weight is 363 g/mol. The summed E-state index contributed by atoms with van der Waals surface area (Å²) in [4.78, 5) is 2.47. The monoisotopic (exact) mass is 363 g/mol.